The first-order chi connectivity index (χ1) is 20.5. The van der Waals surface area contributed by atoms with Crippen molar-refractivity contribution in [2.75, 3.05) is 13.2 Å². The minimum atomic E-state index is -4.59. The molecular weight excluding hydrogens is 604 g/mol. The Morgan fingerprint density at radius 3 is 2.40 bits per heavy atom. The van der Waals surface area contributed by atoms with Crippen LogP contribution in [0.4, 0.5) is 13.2 Å². The van der Waals surface area contributed by atoms with Crippen molar-refractivity contribution in [3.63, 3.8) is 0 Å². The van der Waals surface area contributed by atoms with E-state index in [1.165, 1.54) is 12.5 Å². The number of amides is 2. The van der Waals surface area contributed by atoms with Gasteiger partial charge in [-0.15, -0.1) is 0 Å². The van der Waals surface area contributed by atoms with E-state index in [2.05, 4.69) is 10.2 Å². The molecule has 1 saturated heterocycles. The maximum absolute atomic E-state index is 13.6. The highest BCUT2D eigenvalue weighted by Gasteiger charge is 2.53. The summed E-state index contributed by atoms with van der Waals surface area (Å²) in [5.74, 6) is 2.14. The third-order valence-electron chi connectivity index (χ3n) is 10.00. The van der Waals surface area contributed by atoms with Crippen molar-refractivity contribution in [1.29, 1.82) is 0 Å². The third kappa shape index (κ3) is 6.50. The normalized spacial score (nSPS) is 30.0. The second-order valence-corrected chi connectivity index (χ2v) is 13.5. The average Bonchev–Trinajstić information content (AvgIpc) is 3.42. The number of aliphatic hydroxyl groups is 1. The smallest absolute Gasteiger partial charge is 0.417 e. The van der Waals surface area contributed by atoms with Gasteiger partial charge in [-0.1, -0.05) is 35.3 Å². The SMILES string of the molecule is O=C(COc1ccc(CC2CCN(C3C4CC(O)CC5CC3CC5C4)C2=O)c(Cl)c1)NCc1ccc(Cl)c(C(F)(F)F)c1. The lowest BCUT2D eigenvalue weighted by Crippen LogP contribution is -2.49. The van der Waals surface area contributed by atoms with Crippen molar-refractivity contribution >= 4 is 35.0 Å². The molecule has 6 rings (SSSR count). The molecule has 4 fully saturated rings. The molecule has 11 heteroatoms. The van der Waals surface area contributed by atoms with Gasteiger partial charge in [-0.05, 0) is 104 Å². The maximum Gasteiger partial charge on any atom is 0.417 e. The van der Waals surface area contributed by atoms with E-state index in [9.17, 15) is 27.9 Å². The Morgan fingerprint density at radius 2 is 1.67 bits per heavy atom. The van der Waals surface area contributed by atoms with E-state index in [0.717, 1.165) is 56.3 Å². The Hall–Kier alpha value is -2.49. The van der Waals surface area contributed by atoms with Crippen molar-refractivity contribution in [2.45, 2.75) is 69.8 Å². The molecule has 43 heavy (non-hydrogen) atoms. The second-order valence-electron chi connectivity index (χ2n) is 12.7. The zero-order valence-corrected chi connectivity index (χ0v) is 25.1. The molecule has 0 aromatic heterocycles. The number of fused-ring (bicyclic) bond motifs is 2. The van der Waals surface area contributed by atoms with Crippen LogP contribution in [0.3, 0.4) is 0 Å². The molecule has 1 aliphatic heterocycles. The van der Waals surface area contributed by atoms with Crippen LogP contribution in [0.25, 0.3) is 0 Å². The van der Waals surface area contributed by atoms with Gasteiger partial charge in [0, 0.05) is 30.1 Å². The standard InChI is InChI=1S/C32H35Cl2F3N2O4/c33-27-4-1-17(7-26(27)32(35,36)37)15-38-29(41)16-43-25-3-2-18(28(34)14-25)8-19-5-6-39(31(19)42)30-22-9-20-10-23(30)13-24(40)12-21(20)11-22/h1-4,7,14,19-24,30,40H,5-6,8-13,15-16H2,(H,38,41). The summed E-state index contributed by atoms with van der Waals surface area (Å²) < 4.78 is 44.8. The molecule has 2 aromatic rings. The lowest BCUT2D eigenvalue weighted by atomic mass is 9.74. The van der Waals surface area contributed by atoms with Crippen LogP contribution in [0.5, 0.6) is 5.75 Å². The van der Waals surface area contributed by atoms with Crippen molar-refractivity contribution < 1.29 is 32.6 Å². The van der Waals surface area contributed by atoms with Gasteiger partial charge < -0.3 is 20.1 Å². The van der Waals surface area contributed by atoms with Gasteiger partial charge in [-0.3, -0.25) is 9.59 Å². The number of likely N-dealkylation sites (tertiary alicyclic amines) is 1. The zero-order chi connectivity index (χ0) is 30.5. The van der Waals surface area contributed by atoms with E-state index in [1.54, 1.807) is 12.1 Å². The fourth-order valence-electron chi connectivity index (χ4n) is 8.17. The molecule has 3 saturated carbocycles. The highest BCUT2D eigenvalue weighted by atomic mass is 35.5. The van der Waals surface area contributed by atoms with Crippen molar-refractivity contribution in [3.05, 3.63) is 63.1 Å². The number of carbonyl (C=O) groups is 2. The highest BCUT2D eigenvalue weighted by Crippen LogP contribution is 2.55. The molecular formula is C32H35Cl2F3N2O4. The molecule has 6 nitrogen and oxygen atoms in total. The summed E-state index contributed by atoms with van der Waals surface area (Å²) in [6.07, 6.45) is 1.60. The van der Waals surface area contributed by atoms with Crippen LogP contribution in [0.15, 0.2) is 36.4 Å². The maximum atomic E-state index is 13.6. The Bertz CT molecular complexity index is 1390. The molecule has 0 spiro atoms. The Morgan fingerprint density at radius 1 is 0.977 bits per heavy atom. The van der Waals surface area contributed by atoms with Crippen molar-refractivity contribution in [2.24, 2.45) is 29.6 Å². The minimum Gasteiger partial charge on any atom is -0.484 e. The Labute approximate surface area is 258 Å². The summed E-state index contributed by atoms with van der Waals surface area (Å²) in [6, 6.07) is 8.83. The molecule has 7 unspecified atom stereocenters. The van der Waals surface area contributed by atoms with Gasteiger partial charge in [-0.2, -0.15) is 13.2 Å². The van der Waals surface area contributed by atoms with Crippen LogP contribution in [0.1, 0.15) is 55.2 Å². The molecule has 2 aromatic carbocycles. The number of carbonyl (C=O) groups excluding carboxylic acids is 2. The topological polar surface area (TPSA) is 78.9 Å². The molecule has 2 amide bonds. The molecule has 0 radical (unpaired) electrons. The Kier molecular flexibility index (Phi) is 8.61. The fourth-order valence-corrected chi connectivity index (χ4v) is 8.64. The van der Waals surface area contributed by atoms with Crippen LogP contribution in [-0.4, -0.2) is 47.1 Å². The van der Waals surface area contributed by atoms with Crippen LogP contribution in [0, 0.1) is 29.6 Å². The predicted molar refractivity (Wildman–Crippen MR) is 156 cm³/mol. The van der Waals surface area contributed by atoms with E-state index in [1.807, 2.05) is 6.07 Å². The summed E-state index contributed by atoms with van der Waals surface area (Å²) >= 11 is 12.2. The first-order valence-corrected chi connectivity index (χ1v) is 15.7. The number of benzene rings is 2. The fraction of sp³-hybridized carbons (Fsp3) is 0.562. The van der Waals surface area contributed by atoms with Gasteiger partial charge >= 0.3 is 6.18 Å². The zero-order valence-electron chi connectivity index (χ0n) is 23.6. The monoisotopic (exact) mass is 638 g/mol. The summed E-state index contributed by atoms with van der Waals surface area (Å²) in [6.45, 7) is 0.290. The number of ether oxygens (including phenoxy) is 1. The van der Waals surface area contributed by atoms with Gasteiger partial charge in [0.2, 0.25) is 5.91 Å². The van der Waals surface area contributed by atoms with E-state index in [4.69, 9.17) is 27.9 Å². The first kappa shape index (κ1) is 30.5. The minimum absolute atomic E-state index is 0.112. The number of alkyl halides is 3. The van der Waals surface area contributed by atoms with E-state index >= 15 is 0 Å². The molecule has 3 bridgehead atoms. The number of rotatable bonds is 8. The largest absolute Gasteiger partial charge is 0.484 e. The van der Waals surface area contributed by atoms with Gasteiger partial charge in [0.05, 0.1) is 16.7 Å². The lowest BCUT2D eigenvalue weighted by molar-refractivity contribution is -0.137. The van der Waals surface area contributed by atoms with Gasteiger partial charge in [0.15, 0.2) is 6.61 Å². The Balaban J connectivity index is 1.01. The summed E-state index contributed by atoms with van der Waals surface area (Å²) in [7, 11) is 0. The molecule has 7 atom stereocenters. The number of halogens is 5. The quantitative estimate of drug-likeness (QED) is 0.357. The number of aliphatic hydroxyl groups excluding tert-OH is 1. The van der Waals surface area contributed by atoms with Crippen molar-refractivity contribution in [3.8, 4) is 5.75 Å². The second kappa shape index (κ2) is 12.1. The van der Waals surface area contributed by atoms with E-state index < -0.39 is 22.7 Å². The van der Waals surface area contributed by atoms with Crippen molar-refractivity contribution in [1.82, 2.24) is 10.2 Å². The number of hydrogen-bond donors (Lipinski definition) is 2. The van der Waals surface area contributed by atoms with Crippen LogP contribution in [0.2, 0.25) is 10.0 Å². The molecule has 1 heterocycles. The molecule has 4 aliphatic rings. The third-order valence-corrected chi connectivity index (χ3v) is 10.7. The van der Waals surface area contributed by atoms with Crippen LogP contribution < -0.4 is 10.1 Å². The summed E-state index contributed by atoms with van der Waals surface area (Å²) in [5.41, 5.74) is 0.135. The number of nitrogens with one attached hydrogen (secondary N) is 1. The van der Waals surface area contributed by atoms with Gasteiger partial charge in [-0.25, -0.2) is 0 Å². The van der Waals surface area contributed by atoms with Gasteiger partial charge in [0.25, 0.3) is 5.91 Å². The highest BCUT2D eigenvalue weighted by molar-refractivity contribution is 6.31. The first-order valence-electron chi connectivity index (χ1n) is 15.0. The number of nitrogens with zero attached hydrogens (tertiary/aromatic N) is 1. The summed E-state index contributed by atoms with van der Waals surface area (Å²) in [5, 5.41) is 13.1. The number of hydrogen-bond acceptors (Lipinski definition) is 4. The average molecular weight is 640 g/mol. The van der Waals surface area contributed by atoms with Crippen LogP contribution in [-0.2, 0) is 28.7 Å². The molecule has 3 aliphatic carbocycles. The molecule has 232 valence electrons. The molecule has 2 N–H and O–H groups in total. The van der Waals surface area contributed by atoms with Crippen LogP contribution >= 0.6 is 23.2 Å². The van der Waals surface area contributed by atoms with E-state index in [-0.39, 0.29) is 42.7 Å². The predicted octanol–water partition coefficient (Wildman–Crippen LogP) is 6.28. The van der Waals surface area contributed by atoms with E-state index in [0.29, 0.717) is 40.9 Å². The van der Waals surface area contributed by atoms with Gasteiger partial charge in [0.1, 0.15) is 5.75 Å². The lowest BCUT2D eigenvalue weighted by Gasteiger charge is -2.42. The summed E-state index contributed by atoms with van der Waals surface area (Å²) in [4.78, 5) is 28.0.